The summed E-state index contributed by atoms with van der Waals surface area (Å²) in [5.41, 5.74) is 10.8. The molecule has 98 valence electrons. The van der Waals surface area contributed by atoms with Crippen LogP contribution in [0.15, 0.2) is 36.4 Å². The lowest BCUT2D eigenvalue weighted by atomic mass is 10.0. The van der Waals surface area contributed by atoms with Gasteiger partial charge in [-0.25, -0.2) is 0 Å². The first-order chi connectivity index (χ1) is 9.00. The Kier molecular flexibility index (Phi) is 3.56. The van der Waals surface area contributed by atoms with Crippen molar-refractivity contribution < 1.29 is 4.79 Å². The van der Waals surface area contributed by atoms with E-state index in [0.717, 1.165) is 27.9 Å². The summed E-state index contributed by atoms with van der Waals surface area (Å²) in [6, 6.07) is 11.3. The number of rotatable bonds is 2. The summed E-state index contributed by atoms with van der Waals surface area (Å²) in [4.78, 5) is 12.4. The van der Waals surface area contributed by atoms with E-state index in [1.807, 2.05) is 57.2 Å². The summed E-state index contributed by atoms with van der Waals surface area (Å²) in [6.07, 6.45) is 0. The summed E-state index contributed by atoms with van der Waals surface area (Å²) in [5, 5.41) is 2.93. The summed E-state index contributed by atoms with van der Waals surface area (Å²) >= 11 is 0. The molecule has 0 aromatic heterocycles. The Morgan fingerprint density at radius 1 is 1.00 bits per heavy atom. The Labute approximate surface area is 113 Å². The molecule has 19 heavy (non-hydrogen) atoms. The number of benzene rings is 2. The van der Waals surface area contributed by atoms with Crippen molar-refractivity contribution in [2.45, 2.75) is 20.8 Å². The van der Waals surface area contributed by atoms with Crippen LogP contribution in [0.25, 0.3) is 0 Å². The zero-order chi connectivity index (χ0) is 14.0. The SMILES string of the molecule is Cc1cccc(C)c1C(=O)Nc1cccc(N)c1C. The van der Waals surface area contributed by atoms with Gasteiger partial charge in [0.15, 0.2) is 0 Å². The zero-order valence-corrected chi connectivity index (χ0v) is 11.4. The molecule has 0 bridgehead atoms. The summed E-state index contributed by atoms with van der Waals surface area (Å²) in [7, 11) is 0. The largest absolute Gasteiger partial charge is 0.398 e. The van der Waals surface area contributed by atoms with Gasteiger partial charge < -0.3 is 11.1 Å². The van der Waals surface area contributed by atoms with Crippen LogP contribution in [0.3, 0.4) is 0 Å². The van der Waals surface area contributed by atoms with E-state index in [9.17, 15) is 4.79 Å². The van der Waals surface area contributed by atoms with Crippen LogP contribution in [0.1, 0.15) is 27.0 Å². The van der Waals surface area contributed by atoms with E-state index in [0.29, 0.717) is 5.69 Å². The van der Waals surface area contributed by atoms with Crippen LogP contribution in [0.5, 0.6) is 0 Å². The molecule has 3 nitrogen and oxygen atoms in total. The number of carbonyl (C=O) groups is 1. The van der Waals surface area contributed by atoms with E-state index < -0.39 is 0 Å². The van der Waals surface area contributed by atoms with Gasteiger partial charge in [0.25, 0.3) is 5.91 Å². The van der Waals surface area contributed by atoms with E-state index in [2.05, 4.69) is 5.32 Å². The second kappa shape index (κ2) is 5.14. The molecule has 0 spiro atoms. The predicted octanol–water partition coefficient (Wildman–Crippen LogP) is 3.45. The normalized spacial score (nSPS) is 10.3. The molecule has 0 saturated heterocycles. The summed E-state index contributed by atoms with van der Waals surface area (Å²) in [5.74, 6) is -0.0932. The number of amides is 1. The average molecular weight is 254 g/mol. The van der Waals surface area contributed by atoms with Gasteiger partial charge in [-0.15, -0.1) is 0 Å². The van der Waals surface area contributed by atoms with Crippen molar-refractivity contribution >= 4 is 17.3 Å². The third-order valence-corrected chi connectivity index (χ3v) is 3.33. The number of nitrogens with two attached hydrogens (primary N) is 1. The van der Waals surface area contributed by atoms with Crippen molar-refractivity contribution in [1.29, 1.82) is 0 Å². The number of hydrogen-bond acceptors (Lipinski definition) is 2. The fourth-order valence-electron chi connectivity index (χ4n) is 2.15. The monoisotopic (exact) mass is 254 g/mol. The van der Waals surface area contributed by atoms with E-state index in [4.69, 9.17) is 5.73 Å². The minimum absolute atomic E-state index is 0.0932. The Bertz CT molecular complexity index is 612. The van der Waals surface area contributed by atoms with Gasteiger partial charge in [0, 0.05) is 16.9 Å². The van der Waals surface area contributed by atoms with Gasteiger partial charge in [0.05, 0.1) is 0 Å². The second-order valence-electron chi connectivity index (χ2n) is 4.74. The molecule has 2 rings (SSSR count). The van der Waals surface area contributed by atoms with Gasteiger partial charge in [-0.2, -0.15) is 0 Å². The Morgan fingerprint density at radius 2 is 1.58 bits per heavy atom. The Morgan fingerprint density at radius 3 is 2.21 bits per heavy atom. The van der Waals surface area contributed by atoms with Crippen LogP contribution in [-0.2, 0) is 0 Å². The van der Waals surface area contributed by atoms with Crippen LogP contribution in [0, 0.1) is 20.8 Å². The van der Waals surface area contributed by atoms with Gasteiger partial charge in [-0.05, 0) is 49.6 Å². The first-order valence-electron chi connectivity index (χ1n) is 6.23. The van der Waals surface area contributed by atoms with Crippen molar-refractivity contribution in [2.24, 2.45) is 0 Å². The predicted molar refractivity (Wildman–Crippen MR) is 79.5 cm³/mol. The lowest BCUT2D eigenvalue weighted by Gasteiger charge is -2.13. The third-order valence-electron chi connectivity index (χ3n) is 3.33. The molecule has 0 radical (unpaired) electrons. The smallest absolute Gasteiger partial charge is 0.256 e. The van der Waals surface area contributed by atoms with E-state index >= 15 is 0 Å². The molecule has 2 aromatic carbocycles. The highest BCUT2D eigenvalue weighted by Crippen LogP contribution is 2.22. The number of nitrogens with one attached hydrogen (secondary N) is 1. The van der Waals surface area contributed by atoms with Crippen LogP contribution >= 0.6 is 0 Å². The first-order valence-corrected chi connectivity index (χ1v) is 6.23. The van der Waals surface area contributed by atoms with E-state index in [1.165, 1.54) is 0 Å². The highest BCUT2D eigenvalue weighted by molar-refractivity contribution is 6.06. The lowest BCUT2D eigenvalue weighted by molar-refractivity contribution is 0.102. The molecule has 0 saturated carbocycles. The quantitative estimate of drug-likeness (QED) is 0.806. The molecule has 0 unspecified atom stereocenters. The standard InChI is InChI=1S/C16H18N2O/c1-10-6-4-7-11(2)15(10)16(19)18-14-9-5-8-13(17)12(14)3/h4-9H,17H2,1-3H3,(H,18,19). The average Bonchev–Trinajstić information content (AvgIpc) is 2.35. The Hall–Kier alpha value is -2.29. The molecule has 0 aliphatic rings. The number of carbonyl (C=O) groups excluding carboxylic acids is 1. The maximum Gasteiger partial charge on any atom is 0.256 e. The molecule has 0 aliphatic carbocycles. The Balaban J connectivity index is 2.34. The van der Waals surface area contributed by atoms with Gasteiger partial charge in [0.2, 0.25) is 0 Å². The molecule has 0 atom stereocenters. The lowest BCUT2D eigenvalue weighted by Crippen LogP contribution is -2.16. The van der Waals surface area contributed by atoms with Gasteiger partial charge in [0.1, 0.15) is 0 Å². The van der Waals surface area contributed by atoms with Gasteiger partial charge >= 0.3 is 0 Å². The molecule has 1 amide bonds. The molecule has 0 fully saturated rings. The van der Waals surface area contributed by atoms with Crippen molar-refractivity contribution in [3.8, 4) is 0 Å². The molecular weight excluding hydrogens is 236 g/mol. The van der Waals surface area contributed by atoms with Crippen molar-refractivity contribution in [3.63, 3.8) is 0 Å². The zero-order valence-electron chi connectivity index (χ0n) is 11.4. The van der Waals surface area contributed by atoms with E-state index in [1.54, 1.807) is 0 Å². The van der Waals surface area contributed by atoms with E-state index in [-0.39, 0.29) is 5.91 Å². The highest BCUT2D eigenvalue weighted by atomic mass is 16.1. The topological polar surface area (TPSA) is 55.1 Å². The van der Waals surface area contributed by atoms with Crippen LogP contribution in [-0.4, -0.2) is 5.91 Å². The number of anilines is 2. The summed E-state index contributed by atoms with van der Waals surface area (Å²) in [6.45, 7) is 5.78. The van der Waals surface area contributed by atoms with Crippen LogP contribution in [0.2, 0.25) is 0 Å². The van der Waals surface area contributed by atoms with Crippen molar-refractivity contribution in [3.05, 3.63) is 58.7 Å². The summed E-state index contributed by atoms with van der Waals surface area (Å²) < 4.78 is 0. The highest BCUT2D eigenvalue weighted by Gasteiger charge is 2.13. The van der Waals surface area contributed by atoms with Crippen LogP contribution in [0.4, 0.5) is 11.4 Å². The third kappa shape index (κ3) is 2.60. The molecule has 0 heterocycles. The molecule has 2 aromatic rings. The minimum atomic E-state index is -0.0932. The first kappa shape index (κ1) is 13.1. The maximum atomic E-state index is 12.4. The maximum absolute atomic E-state index is 12.4. The minimum Gasteiger partial charge on any atom is -0.398 e. The van der Waals surface area contributed by atoms with Gasteiger partial charge in [-0.1, -0.05) is 24.3 Å². The fourth-order valence-corrected chi connectivity index (χ4v) is 2.15. The number of hydrogen-bond donors (Lipinski definition) is 2. The fraction of sp³-hybridized carbons (Fsp3) is 0.188. The molecular formula is C16H18N2O. The van der Waals surface area contributed by atoms with Gasteiger partial charge in [-0.3, -0.25) is 4.79 Å². The molecule has 3 N–H and O–H groups in total. The second-order valence-corrected chi connectivity index (χ2v) is 4.74. The molecule has 3 heteroatoms. The van der Waals surface area contributed by atoms with Crippen molar-refractivity contribution in [2.75, 3.05) is 11.1 Å². The number of nitrogen functional groups attached to an aromatic ring is 1. The molecule has 0 aliphatic heterocycles. The van der Waals surface area contributed by atoms with Crippen molar-refractivity contribution in [1.82, 2.24) is 0 Å². The van der Waals surface area contributed by atoms with Crippen LogP contribution < -0.4 is 11.1 Å². The number of aryl methyl sites for hydroxylation is 2.